The summed E-state index contributed by atoms with van der Waals surface area (Å²) in [6.07, 6.45) is 0.210. The first-order chi connectivity index (χ1) is 12.9. The van der Waals surface area contributed by atoms with E-state index in [4.69, 9.17) is 9.52 Å². The highest BCUT2D eigenvalue weighted by Crippen LogP contribution is 2.27. The maximum Gasteiger partial charge on any atom is 0.326 e. The first-order valence-electron chi connectivity index (χ1n) is 8.35. The highest BCUT2D eigenvalue weighted by Gasteiger charge is 2.18. The van der Waals surface area contributed by atoms with E-state index in [-0.39, 0.29) is 18.0 Å². The van der Waals surface area contributed by atoms with Gasteiger partial charge in [0, 0.05) is 5.56 Å². The lowest BCUT2D eigenvalue weighted by molar-refractivity contribution is -0.139. The number of aromatic nitrogens is 1. The molecule has 0 bridgehead atoms. The van der Waals surface area contributed by atoms with E-state index in [9.17, 15) is 14.0 Å². The molecule has 0 saturated heterocycles. The lowest BCUT2D eigenvalue weighted by Crippen LogP contribution is -2.42. The van der Waals surface area contributed by atoms with Crippen molar-refractivity contribution >= 4 is 28.8 Å². The topological polar surface area (TPSA) is 104 Å². The standard InChI is InChI=1S/C19H18FN3O4/c1-3-13(18(24)25)22-19(26)23-14-6-5-11(9-12(14)20)17-21-15-8-10(2)4-7-16(15)27-17/h4-9,13H,3H2,1-2H3,(H,24,25)(H2,22,23,26). The fourth-order valence-electron chi connectivity index (χ4n) is 2.57. The molecule has 27 heavy (non-hydrogen) atoms. The van der Waals surface area contributed by atoms with Crippen molar-refractivity contribution < 1.29 is 23.5 Å². The van der Waals surface area contributed by atoms with Gasteiger partial charge in [0.15, 0.2) is 5.58 Å². The monoisotopic (exact) mass is 371 g/mol. The highest BCUT2D eigenvalue weighted by molar-refractivity contribution is 5.92. The van der Waals surface area contributed by atoms with Gasteiger partial charge in [-0.1, -0.05) is 13.0 Å². The van der Waals surface area contributed by atoms with Gasteiger partial charge < -0.3 is 20.2 Å². The average Bonchev–Trinajstić information content (AvgIpc) is 3.04. The van der Waals surface area contributed by atoms with Crippen LogP contribution in [0, 0.1) is 12.7 Å². The molecule has 0 aliphatic heterocycles. The van der Waals surface area contributed by atoms with Crippen LogP contribution in [0.1, 0.15) is 18.9 Å². The van der Waals surface area contributed by atoms with Gasteiger partial charge >= 0.3 is 12.0 Å². The summed E-state index contributed by atoms with van der Waals surface area (Å²) in [4.78, 5) is 27.2. The second-order valence-corrected chi connectivity index (χ2v) is 6.08. The van der Waals surface area contributed by atoms with Gasteiger partial charge in [-0.15, -0.1) is 0 Å². The largest absolute Gasteiger partial charge is 0.480 e. The van der Waals surface area contributed by atoms with Crippen LogP contribution in [0.25, 0.3) is 22.6 Å². The van der Waals surface area contributed by atoms with Gasteiger partial charge in [0.2, 0.25) is 5.89 Å². The van der Waals surface area contributed by atoms with Gasteiger partial charge in [-0.05, 0) is 49.2 Å². The van der Waals surface area contributed by atoms with E-state index in [1.54, 1.807) is 19.1 Å². The third-order valence-corrected chi connectivity index (χ3v) is 4.02. The molecule has 7 nitrogen and oxygen atoms in total. The molecule has 1 unspecified atom stereocenters. The molecular weight excluding hydrogens is 353 g/mol. The summed E-state index contributed by atoms with van der Waals surface area (Å²) in [5.41, 5.74) is 2.64. The molecule has 2 amide bonds. The van der Waals surface area contributed by atoms with Gasteiger partial charge in [-0.2, -0.15) is 0 Å². The fraction of sp³-hybridized carbons (Fsp3) is 0.211. The number of nitrogens with zero attached hydrogens (tertiary/aromatic N) is 1. The van der Waals surface area contributed by atoms with Crippen LogP contribution < -0.4 is 10.6 Å². The number of aryl methyl sites for hydroxylation is 1. The summed E-state index contributed by atoms with van der Waals surface area (Å²) in [6.45, 7) is 3.56. The molecule has 1 aromatic heterocycles. The molecule has 3 aromatic rings. The number of halogens is 1. The lowest BCUT2D eigenvalue weighted by atomic mass is 10.2. The number of carbonyl (C=O) groups is 2. The molecule has 140 valence electrons. The molecule has 1 heterocycles. The summed E-state index contributed by atoms with van der Waals surface area (Å²) in [5.74, 6) is -1.58. The Labute approximate surface area is 154 Å². The number of carboxylic acids is 1. The molecule has 3 N–H and O–H groups in total. The molecule has 0 saturated carbocycles. The molecule has 0 aliphatic rings. The molecule has 8 heteroatoms. The Balaban J connectivity index is 1.78. The normalized spacial score (nSPS) is 12.0. The van der Waals surface area contributed by atoms with Gasteiger partial charge in [-0.25, -0.2) is 19.0 Å². The molecule has 0 fully saturated rings. The van der Waals surface area contributed by atoms with Crippen LogP contribution in [-0.2, 0) is 4.79 Å². The van der Waals surface area contributed by atoms with Gasteiger partial charge in [0.05, 0.1) is 5.69 Å². The summed E-state index contributed by atoms with van der Waals surface area (Å²) < 4.78 is 20.0. The number of anilines is 1. The molecule has 3 rings (SSSR count). The van der Waals surface area contributed by atoms with E-state index in [0.29, 0.717) is 16.7 Å². The number of fused-ring (bicyclic) bond motifs is 1. The number of carboxylic acid groups (broad SMARTS) is 1. The quantitative estimate of drug-likeness (QED) is 0.630. The van der Waals surface area contributed by atoms with Crippen molar-refractivity contribution in [2.45, 2.75) is 26.3 Å². The van der Waals surface area contributed by atoms with Crippen molar-refractivity contribution in [1.29, 1.82) is 0 Å². The predicted octanol–water partition coefficient (Wildman–Crippen LogP) is 3.93. The summed E-state index contributed by atoms with van der Waals surface area (Å²) in [6, 6.07) is 7.84. The second-order valence-electron chi connectivity index (χ2n) is 6.08. The Kier molecular flexibility index (Phi) is 5.07. The zero-order valence-corrected chi connectivity index (χ0v) is 14.7. The van der Waals surface area contributed by atoms with Crippen molar-refractivity contribution in [3.63, 3.8) is 0 Å². The van der Waals surface area contributed by atoms with Gasteiger partial charge in [0.25, 0.3) is 0 Å². The van der Waals surface area contributed by atoms with Gasteiger partial charge in [-0.3, -0.25) is 0 Å². The van der Waals surface area contributed by atoms with Crippen molar-refractivity contribution in [2.24, 2.45) is 0 Å². The number of amides is 2. The number of benzene rings is 2. The number of oxazole rings is 1. The summed E-state index contributed by atoms with van der Waals surface area (Å²) >= 11 is 0. The zero-order valence-electron chi connectivity index (χ0n) is 14.7. The minimum absolute atomic E-state index is 0.0801. The number of aliphatic carboxylic acids is 1. The number of rotatable bonds is 5. The molecule has 1 atom stereocenters. The third-order valence-electron chi connectivity index (χ3n) is 4.02. The highest BCUT2D eigenvalue weighted by atomic mass is 19.1. The maximum absolute atomic E-state index is 14.4. The van der Waals surface area contributed by atoms with E-state index in [1.807, 2.05) is 19.1 Å². The van der Waals surface area contributed by atoms with Crippen LogP contribution in [0.5, 0.6) is 0 Å². The van der Waals surface area contributed by atoms with Crippen LogP contribution in [0.2, 0.25) is 0 Å². The Bertz CT molecular complexity index is 1020. The van der Waals surface area contributed by atoms with E-state index in [2.05, 4.69) is 15.6 Å². The first kappa shape index (κ1) is 18.4. The van der Waals surface area contributed by atoms with Gasteiger partial charge in [0.1, 0.15) is 17.4 Å². The fourth-order valence-corrected chi connectivity index (χ4v) is 2.57. The maximum atomic E-state index is 14.4. The Morgan fingerprint density at radius 3 is 2.70 bits per heavy atom. The lowest BCUT2D eigenvalue weighted by Gasteiger charge is -2.13. The van der Waals surface area contributed by atoms with Crippen molar-refractivity contribution in [2.75, 3.05) is 5.32 Å². The summed E-state index contributed by atoms with van der Waals surface area (Å²) in [7, 11) is 0. The summed E-state index contributed by atoms with van der Waals surface area (Å²) in [5, 5.41) is 13.5. The Hall–Kier alpha value is -3.42. The van der Waals surface area contributed by atoms with Crippen molar-refractivity contribution in [1.82, 2.24) is 10.3 Å². The van der Waals surface area contributed by atoms with Crippen LogP contribution in [0.3, 0.4) is 0 Å². The van der Waals surface area contributed by atoms with Crippen LogP contribution in [0.4, 0.5) is 14.9 Å². The molecular formula is C19H18FN3O4. The molecule has 2 aromatic carbocycles. The zero-order chi connectivity index (χ0) is 19.6. The van der Waals surface area contributed by atoms with Crippen molar-refractivity contribution in [3.05, 3.63) is 47.8 Å². The average molecular weight is 371 g/mol. The molecule has 0 aliphatic carbocycles. The molecule has 0 spiro atoms. The number of urea groups is 1. The number of hydrogen-bond donors (Lipinski definition) is 3. The second kappa shape index (κ2) is 7.45. The van der Waals surface area contributed by atoms with Crippen molar-refractivity contribution in [3.8, 4) is 11.5 Å². The Morgan fingerprint density at radius 1 is 1.26 bits per heavy atom. The van der Waals surface area contributed by atoms with Crippen LogP contribution >= 0.6 is 0 Å². The minimum Gasteiger partial charge on any atom is -0.480 e. The first-order valence-corrected chi connectivity index (χ1v) is 8.35. The van der Waals surface area contributed by atoms with E-state index >= 15 is 0 Å². The SMILES string of the molecule is CCC(NC(=O)Nc1ccc(-c2nc3cc(C)ccc3o2)cc1F)C(=O)O. The predicted molar refractivity (Wildman–Crippen MR) is 98.0 cm³/mol. The number of carbonyl (C=O) groups excluding carboxylic acids is 1. The Morgan fingerprint density at radius 2 is 2.04 bits per heavy atom. The van der Waals surface area contributed by atoms with E-state index in [1.165, 1.54) is 12.1 Å². The number of hydrogen-bond acceptors (Lipinski definition) is 4. The van der Waals surface area contributed by atoms with E-state index < -0.39 is 23.9 Å². The molecule has 0 radical (unpaired) electrons. The van der Waals surface area contributed by atoms with Crippen LogP contribution in [0.15, 0.2) is 40.8 Å². The number of nitrogens with one attached hydrogen (secondary N) is 2. The van der Waals surface area contributed by atoms with E-state index in [0.717, 1.165) is 5.56 Å². The third kappa shape index (κ3) is 4.05. The minimum atomic E-state index is -1.16. The smallest absolute Gasteiger partial charge is 0.326 e. The van der Waals surface area contributed by atoms with Crippen LogP contribution in [-0.4, -0.2) is 28.1 Å².